The van der Waals surface area contributed by atoms with Crippen LogP contribution in [-0.4, -0.2) is 23.4 Å². The van der Waals surface area contributed by atoms with Gasteiger partial charge < -0.3 is 9.84 Å². The largest absolute Gasteiger partial charge is 0.391 e. The zero-order valence-corrected chi connectivity index (χ0v) is 6.88. The molecule has 0 aromatic rings. The Morgan fingerprint density at radius 3 is 2.45 bits per heavy atom. The van der Waals surface area contributed by atoms with Gasteiger partial charge in [-0.3, -0.25) is 0 Å². The fraction of sp³-hybridized carbons (Fsp3) is 1.00. The molecule has 2 heteroatoms. The maximum absolute atomic E-state index is 9.32. The molecule has 11 heavy (non-hydrogen) atoms. The van der Waals surface area contributed by atoms with E-state index < -0.39 is 0 Å². The first-order valence-corrected chi connectivity index (χ1v) is 4.63. The van der Waals surface area contributed by atoms with Crippen LogP contribution in [0, 0.1) is 0 Å². The molecule has 1 saturated carbocycles. The zero-order valence-electron chi connectivity index (χ0n) is 6.88. The number of ether oxygens (including phenoxy) is 1. The summed E-state index contributed by atoms with van der Waals surface area (Å²) < 4.78 is 5.64. The molecule has 1 heterocycles. The molecule has 1 aliphatic carbocycles. The molecular formula is C9H16O2. The van der Waals surface area contributed by atoms with Crippen LogP contribution in [0.3, 0.4) is 0 Å². The summed E-state index contributed by atoms with van der Waals surface area (Å²) in [4.78, 5) is 0. The summed E-state index contributed by atoms with van der Waals surface area (Å²) in [5.74, 6) is 0. The van der Waals surface area contributed by atoms with Crippen molar-refractivity contribution in [3.05, 3.63) is 0 Å². The molecule has 1 spiro atoms. The van der Waals surface area contributed by atoms with E-state index in [1.54, 1.807) is 0 Å². The summed E-state index contributed by atoms with van der Waals surface area (Å²) in [6, 6.07) is 0. The van der Waals surface area contributed by atoms with Gasteiger partial charge in [0.1, 0.15) is 0 Å². The molecule has 0 radical (unpaired) electrons. The molecule has 0 aromatic carbocycles. The molecular weight excluding hydrogens is 140 g/mol. The number of hydrogen-bond acceptors (Lipinski definition) is 2. The van der Waals surface area contributed by atoms with Gasteiger partial charge in [0.05, 0.1) is 18.3 Å². The quantitative estimate of drug-likeness (QED) is 0.575. The second-order valence-electron chi connectivity index (χ2n) is 3.91. The lowest BCUT2D eigenvalue weighted by molar-refractivity contribution is -0.0259. The van der Waals surface area contributed by atoms with Gasteiger partial charge in [0, 0.05) is 6.42 Å². The Morgan fingerprint density at radius 2 is 1.91 bits per heavy atom. The highest BCUT2D eigenvalue weighted by Crippen LogP contribution is 2.39. The molecule has 1 saturated heterocycles. The topological polar surface area (TPSA) is 29.5 Å². The van der Waals surface area contributed by atoms with Crippen LogP contribution in [0.2, 0.25) is 0 Å². The monoisotopic (exact) mass is 156 g/mol. The minimum Gasteiger partial charge on any atom is -0.391 e. The predicted molar refractivity (Wildman–Crippen MR) is 42.4 cm³/mol. The summed E-state index contributed by atoms with van der Waals surface area (Å²) in [5.41, 5.74) is 0.0949. The number of hydrogen-bond donors (Lipinski definition) is 1. The third kappa shape index (κ3) is 1.42. The first-order valence-electron chi connectivity index (χ1n) is 4.63. The number of aliphatic hydroxyl groups is 1. The van der Waals surface area contributed by atoms with Crippen LogP contribution in [0.4, 0.5) is 0 Å². The van der Waals surface area contributed by atoms with E-state index in [1.165, 1.54) is 32.1 Å². The highest BCUT2D eigenvalue weighted by molar-refractivity contribution is 4.91. The van der Waals surface area contributed by atoms with E-state index in [0.717, 1.165) is 6.42 Å². The average Bonchev–Trinajstić information content (AvgIpc) is 2.34. The molecule has 2 aliphatic rings. The van der Waals surface area contributed by atoms with E-state index in [4.69, 9.17) is 4.74 Å². The molecule has 1 aliphatic heterocycles. The van der Waals surface area contributed by atoms with Crippen molar-refractivity contribution in [2.24, 2.45) is 0 Å². The third-order valence-electron chi connectivity index (χ3n) is 2.95. The summed E-state index contributed by atoms with van der Waals surface area (Å²) in [7, 11) is 0. The average molecular weight is 156 g/mol. The smallest absolute Gasteiger partial charge is 0.0801 e. The van der Waals surface area contributed by atoms with Gasteiger partial charge in [0.15, 0.2) is 0 Å². The Balaban J connectivity index is 1.98. The molecule has 1 N–H and O–H groups in total. The molecule has 1 atom stereocenters. The first-order chi connectivity index (χ1) is 5.31. The lowest BCUT2D eigenvalue weighted by Gasteiger charge is -2.32. The second-order valence-corrected chi connectivity index (χ2v) is 3.91. The first kappa shape index (κ1) is 7.56. The van der Waals surface area contributed by atoms with Crippen molar-refractivity contribution in [1.82, 2.24) is 0 Å². The highest BCUT2D eigenvalue weighted by atomic mass is 16.5. The van der Waals surface area contributed by atoms with E-state index in [1.807, 2.05) is 0 Å². The van der Waals surface area contributed by atoms with E-state index in [-0.39, 0.29) is 11.7 Å². The lowest BCUT2D eigenvalue weighted by atomic mass is 9.82. The van der Waals surface area contributed by atoms with Crippen LogP contribution in [0.5, 0.6) is 0 Å². The summed E-state index contributed by atoms with van der Waals surface area (Å²) in [6.45, 7) is 0.569. The van der Waals surface area contributed by atoms with Gasteiger partial charge in [0.25, 0.3) is 0 Å². The van der Waals surface area contributed by atoms with Crippen molar-refractivity contribution in [1.29, 1.82) is 0 Å². The number of rotatable bonds is 0. The van der Waals surface area contributed by atoms with Crippen molar-refractivity contribution in [2.75, 3.05) is 6.61 Å². The van der Waals surface area contributed by atoms with Gasteiger partial charge in [-0.1, -0.05) is 19.3 Å². The fourth-order valence-corrected chi connectivity index (χ4v) is 2.36. The maximum atomic E-state index is 9.32. The Kier molecular flexibility index (Phi) is 1.90. The molecule has 0 amide bonds. The standard InChI is InChI=1S/C9H16O2/c10-8-6-9(11-7-8)4-2-1-3-5-9/h8,10H,1-7H2/t8-/m0/s1. The molecule has 2 nitrogen and oxygen atoms in total. The normalized spacial score (nSPS) is 36.3. The van der Waals surface area contributed by atoms with Crippen molar-refractivity contribution >= 4 is 0 Å². The van der Waals surface area contributed by atoms with Crippen molar-refractivity contribution in [3.8, 4) is 0 Å². The van der Waals surface area contributed by atoms with E-state index in [0.29, 0.717) is 6.61 Å². The number of aliphatic hydroxyl groups excluding tert-OH is 1. The van der Waals surface area contributed by atoms with Crippen LogP contribution in [0.1, 0.15) is 38.5 Å². The summed E-state index contributed by atoms with van der Waals surface area (Å²) >= 11 is 0. The van der Waals surface area contributed by atoms with Gasteiger partial charge in [-0.15, -0.1) is 0 Å². The predicted octanol–water partition coefficient (Wildman–Crippen LogP) is 1.47. The minimum absolute atomic E-state index is 0.0949. The van der Waals surface area contributed by atoms with Crippen molar-refractivity contribution in [2.45, 2.75) is 50.2 Å². The zero-order chi connectivity index (χ0) is 7.73. The SMILES string of the molecule is O[C@@H]1COC2(CCCCC2)C1. The van der Waals surface area contributed by atoms with Crippen LogP contribution in [0.15, 0.2) is 0 Å². The van der Waals surface area contributed by atoms with Gasteiger partial charge in [-0.2, -0.15) is 0 Å². The highest BCUT2D eigenvalue weighted by Gasteiger charge is 2.40. The third-order valence-corrected chi connectivity index (χ3v) is 2.95. The molecule has 0 unspecified atom stereocenters. The maximum Gasteiger partial charge on any atom is 0.0801 e. The Hall–Kier alpha value is -0.0800. The molecule has 2 rings (SSSR count). The van der Waals surface area contributed by atoms with E-state index >= 15 is 0 Å². The second kappa shape index (κ2) is 2.76. The molecule has 2 fully saturated rings. The van der Waals surface area contributed by atoms with Crippen LogP contribution in [-0.2, 0) is 4.74 Å². The summed E-state index contributed by atoms with van der Waals surface area (Å²) in [5, 5.41) is 9.32. The van der Waals surface area contributed by atoms with Crippen LogP contribution < -0.4 is 0 Å². The molecule has 64 valence electrons. The van der Waals surface area contributed by atoms with E-state index in [9.17, 15) is 5.11 Å². The van der Waals surface area contributed by atoms with Crippen molar-refractivity contribution in [3.63, 3.8) is 0 Å². The Labute approximate surface area is 67.6 Å². The Morgan fingerprint density at radius 1 is 1.18 bits per heavy atom. The van der Waals surface area contributed by atoms with Gasteiger partial charge >= 0.3 is 0 Å². The van der Waals surface area contributed by atoms with Gasteiger partial charge in [0.2, 0.25) is 0 Å². The molecule has 0 bridgehead atoms. The molecule has 0 aromatic heterocycles. The fourth-order valence-electron chi connectivity index (χ4n) is 2.36. The van der Waals surface area contributed by atoms with E-state index in [2.05, 4.69) is 0 Å². The van der Waals surface area contributed by atoms with Crippen molar-refractivity contribution < 1.29 is 9.84 Å². The minimum atomic E-state index is -0.187. The Bertz CT molecular complexity index is 133. The van der Waals surface area contributed by atoms with Crippen LogP contribution >= 0.6 is 0 Å². The van der Waals surface area contributed by atoms with Gasteiger partial charge in [-0.05, 0) is 12.8 Å². The van der Waals surface area contributed by atoms with Crippen LogP contribution in [0.25, 0.3) is 0 Å². The summed E-state index contributed by atoms with van der Waals surface area (Å²) in [6.07, 6.45) is 6.95. The van der Waals surface area contributed by atoms with Gasteiger partial charge in [-0.25, -0.2) is 0 Å². The lowest BCUT2D eigenvalue weighted by Crippen LogP contribution is -2.30.